The van der Waals surface area contributed by atoms with Crippen LogP contribution in [0, 0.1) is 11.8 Å². The van der Waals surface area contributed by atoms with E-state index in [-0.39, 0.29) is 5.91 Å². The van der Waals surface area contributed by atoms with Crippen molar-refractivity contribution in [3.8, 4) is 0 Å². The molecule has 1 aliphatic rings. The topological polar surface area (TPSA) is 81.1 Å². The Kier molecular flexibility index (Phi) is 4.30. The van der Waals surface area contributed by atoms with Gasteiger partial charge >= 0.3 is 0 Å². The number of carbonyl (C=O) groups is 1. The molecule has 1 saturated carbocycles. The molecule has 1 amide bonds. The first-order valence-electron chi connectivity index (χ1n) is 7.01. The number of hydrogen-bond donors (Lipinski definition) is 3. The van der Waals surface area contributed by atoms with E-state index in [1.807, 2.05) is 0 Å². The Balaban J connectivity index is 1.93. The van der Waals surface area contributed by atoms with Crippen molar-refractivity contribution in [3.63, 3.8) is 0 Å². The molecular weight excluding hydrogens is 238 g/mol. The van der Waals surface area contributed by atoms with Crippen LogP contribution in [0.3, 0.4) is 0 Å². The van der Waals surface area contributed by atoms with Crippen molar-refractivity contribution in [2.75, 3.05) is 18.0 Å². The van der Waals surface area contributed by atoms with Gasteiger partial charge in [0.2, 0.25) is 0 Å². The molecule has 0 heterocycles. The van der Waals surface area contributed by atoms with Crippen LogP contribution >= 0.6 is 0 Å². The number of rotatable bonds is 3. The third kappa shape index (κ3) is 3.40. The Morgan fingerprint density at radius 3 is 2.74 bits per heavy atom. The van der Waals surface area contributed by atoms with Crippen LogP contribution in [0.4, 0.5) is 11.4 Å². The Bertz CT molecular complexity index is 459. The average Bonchev–Trinajstić information content (AvgIpc) is 2.37. The van der Waals surface area contributed by atoms with Crippen LogP contribution < -0.4 is 16.8 Å². The zero-order valence-electron chi connectivity index (χ0n) is 11.5. The van der Waals surface area contributed by atoms with E-state index in [2.05, 4.69) is 12.2 Å². The van der Waals surface area contributed by atoms with Gasteiger partial charge in [-0.2, -0.15) is 0 Å². The molecule has 5 N–H and O–H groups in total. The standard InChI is InChI=1S/C15H23N3O/c1-10-4-2-3-5-11(10)9-18-15(19)13-7-6-12(16)8-14(13)17/h6-8,10-11H,2-5,9,16-17H2,1H3,(H,18,19). The number of nitrogens with two attached hydrogens (primary N) is 2. The second-order valence-corrected chi connectivity index (χ2v) is 5.58. The number of nitrogen functional groups attached to an aromatic ring is 2. The summed E-state index contributed by atoms with van der Waals surface area (Å²) in [5.41, 5.74) is 13.0. The van der Waals surface area contributed by atoms with E-state index < -0.39 is 0 Å². The predicted molar refractivity (Wildman–Crippen MR) is 78.7 cm³/mol. The Morgan fingerprint density at radius 2 is 2.05 bits per heavy atom. The Labute approximate surface area is 114 Å². The second-order valence-electron chi connectivity index (χ2n) is 5.58. The lowest BCUT2D eigenvalue weighted by molar-refractivity contribution is 0.0937. The van der Waals surface area contributed by atoms with Crippen molar-refractivity contribution in [1.82, 2.24) is 5.32 Å². The highest BCUT2D eigenvalue weighted by Gasteiger charge is 2.22. The van der Waals surface area contributed by atoms with Crippen LogP contribution in [0.2, 0.25) is 0 Å². The van der Waals surface area contributed by atoms with Crippen molar-refractivity contribution in [3.05, 3.63) is 23.8 Å². The minimum absolute atomic E-state index is 0.102. The molecule has 2 rings (SSSR count). The molecule has 1 aromatic carbocycles. The zero-order chi connectivity index (χ0) is 13.8. The smallest absolute Gasteiger partial charge is 0.253 e. The normalized spacial score (nSPS) is 23.0. The minimum atomic E-state index is -0.102. The third-order valence-electron chi connectivity index (χ3n) is 4.13. The SMILES string of the molecule is CC1CCCCC1CNC(=O)c1ccc(N)cc1N. The van der Waals surface area contributed by atoms with Gasteiger partial charge in [0.25, 0.3) is 5.91 Å². The summed E-state index contributed by atoms with van der Waals surface area (Å²) < 4.78 is 0. The molecule has 1 aromatic rings. The van der Waals surface area contributed by atoms with Crippen LogP contribution in [0.1, 0.15) is 43.0 Å². The first-order valence-corrected chi connectivity index (χ1v) is 7.01. The zero-order valence-corrected chi connectivity index (χ0v) is 11.5. The summed E-state index contributed by atoms with van der Waals surface area (Å²) in [5.74, 6) is 1.18. The number of benzene rings is 1. The number of amides is 1. The molecule has 2 atom stereocenters. The van der Waals surface area contributed by atoms with Crippen LogP contribution in [0.5, 0.6) is 0 Å². The third-order valence-corrected chi connectivity index (χ3v) is 4.13. The highest BCUT2D eigenvalue weighted by atomic mass is 16.1. The summed E-state index contributed by atoms with van der Waals surface area (Å²) in [6, 6.07) is 5.01. The van der Waals surface area contributed by atoms with Gasteiger partial charge in [-0.3, -0.25) is 4.79 Å². The largest absolute Gasteiger partial charge is 0.399 e. The maximum Gasteiger partial charge on any atom is 0.253 e. The van der Waals surface area contributed by atoms with Gasteiger partial charge in [0.05, 0.1) is 5.56 Å². The van der Waals surface area contributed by atoms with E-state index >= 15 is 0 Å². The molecule has 0 aliphatic heterocycles. The quantitative estimate of drug-likeness (QED) is 0.731. The lowest BCUT2D eigenvalue weighted by Gasteiger charge is -2.28. The fourth-order valence-electron chi connectivity index (χ4n) is 2.80. The number of anilines is 2. The first kappa shape index (κ1) is 13.7. The lowest BCUT2D eigenvalue weighted by Crippen LogP contribution is -2.33. The molecule has 19 heavy (non-hydrogen) atoms. The van der Waals surface area contributed by atoms with Gasteiger partial charge in [-0.25, -0.2) is 0 Å². The van der Waals surface area contributed by atoms with Crippen molar-refractivity contribution < 1.29 is 4.79 Å². The molecule has 1 aliphatic carbocycles. The molecule has 2 unspecified atom stereocenters. The van der Waals surface area contributed by atoms with Gasteiger partial charge in [-0.1, -0.05) is 26.2 Å². The van der Waals surface area contributed by atoms with E-state index in [1.165, 1.54) is 25.7 Å². The van der Waals surface area contributed by atoms with Crippen molar-refractivity contribution in [2.45, 2.75) is 32.6 Å². The summed E-state index contributed by atoms with van der Waals surface area (Å²) in [5, 5.41) is 3.00. The summed E-state index contributed by atoms with van der Waals surface area (Å²) in [7, 11) is 0. The van der Waals surface area contributed by atoms with E-state index in [9.17, 15) is 4.79 Å². The molecule has 1 fully saturated rings. The molecule has 4 heteroatoms. The van der Waals surface area contributed by atoms with Gasteiger partial charge in [0.1, 0.15) is 0 Å². The fourth-order valence-corrected chi connectivity index (χ4v) is 2.80. The van der Waals surface area contributed by atoms with Gasteiger partial charge < -0.3 is 16.8 Å². The molecule has 104 valence electrons. The molecule has 0 bridgehead atoms. The first-order chi connectivity index (χ1) is 9.08. The van der Waals surface area contributed by atoms with E-state index in [4.69, 9.17) is 11.5 Å². The van der Waals surface area contributed by atoms with Gasteiger partial charge in [0.15, 0.2) is 0 Å². The summed E-state index contributed by atoms with van der Waals surface area (Å²) >= 11 is 0. The minimum Gasteiger partial charge on any atom is -0.399 e. The van der Waals surface area contributed by atoms with Crippen LogP contribution in [0.25, 0.3) is 0 Å². The Hall–Kier alpha value is -1.71. The fraction of sp³-hybridized carbons (Fsp3) is 0.533. The Morgan fingerprint density at radius 1 is 1.32 bits per heavy atom. The van der Waals surface area contributed by atoms with E-state index in [1.54, 1.807) is 18.2 Å². The predicted octanol–water partition coefficient (Wildman–Crippen LogP) is 2.41. The highest BCUT2D eigenvalue weighted by Crippen LogP contribution is 2.29. The monoisotopic (exact) mass is 261 g/mol. The van der Waals surface area contributed by atoms with E-state index in [0.717, 1.165) is 6.54 Å². The van der Waals surface area contributed by atoms with Gasteiger partial charge in [-0.15, -0.1) is 0 Å². The molecule has 0 spiro atoms. The molecular formula is C15H23N3O. The van der Waals surface area contributed by atoms with Crippen molar-refractivity contribution in [1.29, 1.82) is 0 Å². The average molecular weight is 261 g/mol. The number of hydrogen-bond acceptors (Lipinski definition) is 3. The summed E-state index contributed by atoms with van der Waals surface area (Å²) in [4.78, 5) is 12.1. The number of carbonyl (C=O) groups excluding carboxylic acids is 1. The van der Waals surface area contributed by atoms with Crippen molar-refractivity contribution in [2.24, 2.45) is 11.8 Å². The molecule has 0 saturated heterocycles. The van der Waals surface area contributed by atoms with Crippen molar-refractivity contribution >= 4 is 17.3 Å². The van der Waals surface area contributed by atoms with Gasteiger partial charge in [-0.05, 0) is 36.5 Å². The summed E-state index contributed by atoms with van der Waals surface area (Å²) in [6.45, 7) is 3.01. The highest BCUT2D eigenvalue weighted by molar-refractivity contribution is 5.99. The maximum absolute atomic E-state index is 12.1. The van der Waals surface area contributed by atoms with E-state index in [0.29, 0.717) is 28.8 Å². The molecule has 0 radical (unpaired) electrons. The lowest BCUT2D eigenvalue weighted by atomic mass is 9.80. The second kappa shape index (κ2) is 5.95. The maximum atomic E-state index is 12.1. The van der Waals surface area contributed by atoms with Crippen LogP contribution in [0.15, 0.2) is 18.2 Å². The van der Waals surface area contributed by atoms with Crippen LogP contribution in [-0.2, 0) is 0 Å². The summed E-state index contributed by atoms with van der Waals surface area (Å²) in [6.07, 6.45) is 5.06. The molecule has 4 nitrogen and oxygen atoms in total. The van der Waals surface area contributed by atoms with Gasteiger partial charge in [0, 0.05) is 17.9 Å². The molecule has 0 aromatic heterocycles. The van der Waals surface area contributed by atoms with Crippen LogP contribution in [-0.4, -0.2) is 12.5 Å². The number of nitrogens with one attached hydrogen (secondary N) is 1.